The van der Waals surface area contributed by atoms with Crippen LogP contribution in [-0.2, 0) is 15.9 Å². The number of alkyl halides is 1. The largest absolute Gasteiger partial charge is 0.243 e. The van der Waals surface area contributed by atoms with Crippen LogP contribution in [0.2, 0.25) is 0 Å². The van der Waals surface area contributed by atoms with Gasteiger partial charge in [-0.3, -0.25) is 0 Å². The molecule has 1 saturated carbocycles. The molecule has 0 unspecified atom stereocenters. The van der Waals surface area contributed by atoms with Crippen molar-refractivity contribution >= 4 is 37.6 Å². The third-order valence-corrected chi connectivity index (χ3v) is 6.99. The van der Waals surface area contributed by atoms with Crippen LogP contribution in [0.25, 0.3) is 0 Å². The molecule has 1 aromatic rings. The molecule has 0 bridgehead atoms. The first kappa shape index (κ1) is 17.3. The fourth-order valence-electron chi connectivity index (χ4n) is 2.35. The maximum atomic E-state index is 13.0. The van der Waals surface area contributed by atoms with Crippen molar-refractivity contribution in [2.75, 3.05) is 6.54 Å². The second kappa shape index (κ2) is 6.99. The fourth-order valence-corrected chi connectivity index (χ4v) is 5.17. The van der Waals surface area contributed by atoms with E-state index in [-0.39, 0.29) is 6.04 Å². The molecule has 1 fully saturated rings. The smallest absolute Gasteiger partial charge is 0.207 e. The van der Waals surface area contributed by atoms with Gasteiger partial charge in [-0.2, -0.15) is 4.31 Å². The summed E-state index contributed by atoms with van der Waals surface area (Å²) in [6.45, 7) is 4.51. The van der Waals surface area contributed by atoms with Gasteiger partial charge in [-0.05, 0) is 49.4 Å². The number of benzene rings is 1. The van der Waals surface area contributed by atoms with E-state index in [9.17, 15) is 8.42 Å². The summed E-state index contributed by atoms with van der Waals surface area (Å²) >= 11 is 9.33. The third-order valence-electron chi connectivity index (χ3n) is 3.78. The van der Waals surface area contributed by atoms with Crippen LogP contribution in [0.1, 0.15) is 43.7 Å². The minimum absolute atomic E-state index is 0.180. The summed E-state index contributed by atoms with van der Waals surface area (Å²) in [5.74, 6) is 0.305. The van der Waals surface area contributed by atoms with E-state index in [0.29, 0.717) is 17.3 Å². The van der Waals surface area contributed by atoms with Crippen LogP contribution in [0.3, 0.4) is 0 Å². The Morgan fingerprint density at radius 2 is 2.05 bits per heavy atom. The maximum Gasteiger partial charge on any atom is 0.243 e. The Kier molecular flexibility index (Phi) is 5.74. The van der Waals surface area contributed by atoms with E-state index >= 15 is 0 Å². The molecule has 21 heavy (non-hydrogen) atoms. The van der Waals surface area contributed by atoms with Gasteiger partial charge in [-0.1, -0.05) is 29.3 Å². The van der Waals surface area contributed by atoms with Crippen molar-refractivity contribution in [2.24, 2.45) is 0 Å². The molecule has 0 atom stereocenters. The summed E-state index contributed by atoms with van der Waals surface area (Å²) in [6, 6.07) is 3.78. The molecular weight excluding hydrogens is 374 g/mol. The minimum Gasteiger partial charge on any atom is -0.207 e. The lowest BCUT2D eigenvalue weighted by Gasteiger charge is -2.23. The second-order valence-electron chi connectivity index (χ2n) is 5.53. The van der Waals surface area contributed by atoms with E-state index in [4.69, 9.17) is 11.6 Å². The zero-order chi connectivity index (χ0) is 15.6. The molecule has 2 rings (SSSR count). The first-order chi connectivity index (χ1) is 9.91. The molecule has 0 aromatic heterocycles. The van der Waals surface area contributed by atoms with Gasteiger partial charge in [0.15, 0.2) is 0 Å². The standard InChI is InChI=1S/C15H21BrClNO2S/c1-3-4-7-18(13-5-6-13)21(19,20)15-9-12(10-17)8-14(16)11(15)2/h8-9,13H,3-7,10H2,1-2H3. The highest BCUT2D eigenvalue weighted by Crippen LogP contribution is 2.35. The average molecular weight is 395 g/mol. The molecule has 118 valence electrons. The lowest BCUT2D eigenvalue weighted by Crippen LogP contribution is -2.34. The Labute approximate surface area is 140 Å². The van der Waals surface area contributed by atoms with Gasteiger partial charge in [-0.25, -0.2) is 8.42 Å². The van der Waals surface area contributed by atoms with Crippen LogP contribution in [0.4, 0.5) is 0 Å². The molecule has 0 radical (unpaired) electrons. The number of hydrogen-bond donors (Lipinski definition) is 0. The predicted octanol–water partition coefficient (Wildman–Crippen LogP) is 4.45. The van der Waals surface area contributed by atoms with Gasteiger partial charge in [0.05, 0.1) is 4.90 Å². The van der Waals surface area contributed by atoms with Gasteiger partial charge in [0, 0.05) is 22.9 Å². The van der Waals surface area contributed by atoms with Crippen LogP contribution in [-0.4, -0.2) is 25.3 Å². The van der Waals surface area contributed by atoms with Gasteiger partial charge in [0.25, 0.3) is 0 Å². The molecule has 6 heteroatoms. The molecule has 1 aromatic carbocycles. The van der Waals surface area contributed by atoms with Crippen molar-refractivity contribution in [2.45, 2.75) is 56.3 Å². The number of sulfonamides is 1. The number of hydrogen-bond acceptors (Lipinski definition) is 2. The summed E-state index contributed by atoms with van der Waals surface area (Å²) in [4.78, 5) is 0.385. The molecule has 0 heterocycles. The lowest BCUT2D eigenvalue weighted by atomic mass is 10.2. The van der Waals surface area contributed by atoms with Crippen molar-refractivity contribution in [3.05, 3.63) is 27.7 Å². The summed E-state index contributed by atoms with van der Waals surface area (Å²) in [6.07, 6.45) is 3.82. The first-order valence-corrected chi connectivity index (χ1v) is 10.1. The third kappa shape index (κ3) is 3.81. The summed E-state index contributed by atoms with van der Waals surface area (Å²) < 4.78 is 28.5. The topological polar surface area (TPSA) is 37.4 Å². The maximum absolute atomic E-state index is 13.0. The molecule has 3 nitrogen and oxygen atoms in total. The SMILES string of the molecule is CCCCN(C1CC1)S(=O)(=O)c1cc(CCl)cc(Br)c1C. The molecule has 0 N–H and O–H groups in total. The zero-order valence-corrected chi connectivity index (χ0v) is 15.6. The minimum atomic E-state index is -3.45. The molecule has 0 amide bonds. The van der Waals surface area contributed by atoms with E-state index < -0.39 is 10.0 Å². The molecule has 0 aliphatic heterocycles. The van der Waals surface area contributed by atoms with Crippen molar-refractivity contribution in [3.8, 4) is 0 Å². The van der Waals surface area contributed by atoms with E-state index in [2.05, 4.69) is 22.9 Å². The quantitative estimate of drug-likeness (QED) is 0.641. The van der Waals surface area contributed by atoms with Gasteiger partial charge in [0.1, 0.15) is 0 Å². The monoisotopic (exact) mass is 393 g/mol. The fraction of sp³-hybridized carbons (Fsp3) is 0.600. The highest BCUT2D eigenvalue weighted by Gasteiger charge is 2.38. The number of unbranched alkanes of at least 4 members (excludes halogenated alkanes) is 1. The molecule has 1 aliphatic rings. The number of rotatable bonds is 7. The van der Waals surface area contributed by atoms with Gasteiger partial charge in [-0.15, -0.1) is 11.6 Å². The molecule has 1 aliphatic carbocycles. The lowest BCUT2D eigenvalue weighted by molar-refractivity contribution is 0.395. The average Bonchev–Trinajstić information content (AvgIpc) is 3.26. The molecule has 0 spiro atoms. The van der Waals surface area contributed by atoms with Crippen molar-refractivity contribution < 1.29 is 8.42 Å². The van der Waals surface area contributed by atoms with E-state index in [0.717, 1.165) is 41.3 Å². The Bertz CT molecular complexity index is 614. The van der Waals surface area contributed by atoms with E-state index in [1.165, 1.54) is 0 Å². The second-order valence-corrected chi connectivity index (χ2v) is 8.52. The summed E-state index contributed by atoms with van der Waals surface area (Å²) in [5.41, 5.74) is 1.57. The Morgan fingerprint density at radius 1 is 1.38 bits per heavy atom. The van der Waals surface area contributed by atoms with Crippen LogP contribution in [0, 0.1) is 6.92 Å². The van der Waals surface area contributed by atoms with Crippen molar-refractivity contribution in [1.29, 1.82) is 0 Å². The van der Waals surface area contributed by atoms with Crippen LogP contribution in [0.15, 0.2) is 21.5 Å². The van der Waals surface area contributed by atoms with Gasteiger partial charge < -0.3 is 0 Å². The number of nitrogens with zero attached hydrogens (tertiary/aromatic N) is 1. The van der Waals surface area contributed by atoms with Crippen molar-refractivity contribution in [1.82, 2.24) is 4.31 Å². The van der Waals surface area contributed by atoms with Gasteiger partial charge >= 0.3 is 0 Å². The highest BCUT2D eigenvalue weighted by molar-refractivity contribution is 9.10. The molecule has 0 saturated heterocycles. The first-order valence-electron chi connectivity index (χ1n) is 7.28. The van der Waals surface area contributed by atoms with Crippen LogP contribution in [0.5, 0.6) is 0 Å². The predicted molar refractivity (Wildman–Crippen MR) is 90.3 cm³/mol. The van der Waals surface area contributed by atoms with E-state index in [1.807, 2.05) is 13.0 Å². The van der Waals surface area contributed by atoms with E-state index in [1.54, 1.807) is 10.4 Å². The normalized spacial score (nSPS) is 15.7. The zero-order valence-electron chi connectivity index (χ0n) is 12.4. The number of halogens is 2. The summed E-state index contributed by atoms with van der Waals surface area (Å²) in [5, 5.41) is 0. The van der Waals surface area contributed by atoms with Crippen molar-refractivity contribution in [3.63, 3.8) is 0 Å². The molecular formula is C15H21BrClNO2S. The van der Waals surface area contributed by atoms with Gasteiger partial charge in [0.2, 0.25) is 10.0 Å². The summed E-state index contributed by atoms with van der Waals surface area (Å²) in [7, 11) is -3.45. The van der Waals surface area contributed by atoms with Crippen LogP contribution >= 0.6 is 27.5 Å². The van der Waals surface area contributed by atoms with Crippen LogP contribution < -0.4 is 0 Å². The highest BCUT2D eigenvalue weighted by atomic mass is 79.9. The Balaban J connectivity index is 2.44. The Hall–Kier alpha value is -0.100. The Morgan fingerprint density at radius 3 is 2.57 bits per heavy atom.